The van der Waals surface area contributed by atoms with Gasteiger partial charge in [0.2, 0.25) is 0 Å². The number of rotatable bonds is 6. The van der Waals surface area contributed by atoms with Crippen molar-refractivity contribution in [1.29, 1.82) is 0 Å². The number of nitro groups is 1. The molecule has 0 bridgehead atoms. The summed E-state index contributed by atoms with van der Waals surface area (Å²) in [6.45, 7) is 0. The van der Waals surface area contributed by atoms with Crippen LogP contribution in [-0.4, -0.2) is 26.9 Å². The number of phenols is 1. The molecule has 0 aliphatic heterocycles. The normalized spacial score (nSPS) is 11.7. The summed E-state index contributed by atoms with van der Waals surface area (Å²) < 4.78 is 13.3. The molecular weight excluding hydrogens is 321 g/mol. The largest absolute Gasteiger partial charge is 0.507 e. The van der Waals surface area contributed by atoms with Gasteiger partial charge in [0.1, 0.15) is 11.6 Å². The molecule has 0 fully saturated rings. The van der Waals surface area contributed by atoms with Gasteiger partial charge in [-0.25, -0.2) is 4.39 Å². The van der Waals surface area contributed by atoms with Gasteiger partial charge in [0.15, 0.2) is 5.78 Å². The van der Waals surface area contributed by atoms with E-state index in [-0.39, 0.29) is 16.8 Å². The van der Waals surface area contributed by atoms with Gasteiger partial charge < -0.3 is 10.2 Å². The summed E-state index contributed by atoms with van der Waals surface area (Å²) in [4.78, 5) is 33.6. The number of halogens is 1. The number of Topliss-reactive ketones (excluding diaryl/α,β-unsaturated/α-hetero) is 1. The Morgan fingerprint density at radius 1 is 1.17 bits per heavy atom. The Hall–Kier alpha value is -3.29. The summed E-state index contributed by atoms with van der Waals surface area (Å²) in [6, 6.07) is 7.59. The van der Waals surface area contributed by atoms with E-state index >= 15 is 0 Å². The predicted molar refractivity (Wildman–Crippen MR) is 80.5 cm³/mol. The zero-order valence-electron chi connectivity index (χ0n) is 12.2. The summed E-state index contributed by atoms with van der Waals surface area (Å²) in [7, 11) is 0. The second kappa shape index (κ2) is 6.86. The number of aromatic hydroxyl groups is 1. The number of aliphatic carboxylic acids is 1. The van der Waals surface area contributed by atoms with Crippen molar-refractivity contribution >= 4 is 17.4 Å². The lowest BCUT2D eigenvalue weighted by Crippen LogP contribution is -2.17. The molecule has 7 nitrogen and oxygen atoms in total. The molecule has 24 heavy (non-hydrogen) atoms. The van der Waals surface area contributed by atoms with Crippen LogP contribution in [0.5, 0.6) is 5.75 Å². The van der Waals surface area contributed by atoms with Crippen LogP contribution < -0.4 is 0 Å². The van der Waals surface area contributed by atoms with Gasteiger partial charge >= 0.3 is 5.97 Å². The topological polar surface area (TPSA) is 118 Å². The molecule has 0 amide bonds. The molecule has 0 heterocycles. The highest BCUT2D eigenvalue weighted by molar-refractivity contribution is 6.04. The van der Waals surface area contributed by atoms with Crippen molar-refractivity contribution in [2.45, 2.75) is 12.3 Å². The number of benzene rings is 2. The average molecular weight is 333 g/mol. The fourth-order valence-electron chi connectivity index (χ4n) is 2.26. The van der Waals surface area contributed by atoms with Crippen molar-refractivity contribution in [1.82, 2.24) is 0 Å². The van der Waals surface area contributed by atoms with E-state index in [9.17, 15) is 29.2 Å². The number of carbonyl (C=O) groups is 2. The fraction of sp³-hybridized carbons (Fsp3) is 0.125. The molecular formula is C16H12FNO6. The van der Waals surface area contributed by atoms with Gasteiger partial charge in [0.05, 0.1) is 22.8 Å². The number of carboxylic acids is 1. The quantitative estimate of drug-likeness (QED) is 0.477. The van der Waals surface area contributed by atoms with Crippen LogP contribution in [0.15, 0.2) is 42.5 Å². The maximum atomic E-state index is 13.3. The molecule has 0 spiro atoms. The Balaban J connectivity index is 2.44. The van der Waals surface area contributed by atoms with E-state index in [1.807, 2.05) is 0 Å². The molecule has 1 atom stereocenters. The number of ketones is 1. The molecule has 0 saturated carbocycles. The summed E-state index contributed by atoms with van der Waals surface area (Å²) >= 11 is 0. The first-order valence-corrected chi connectivity index (χ1v) is 6.78. The lowest BCUT2D eigenvalue weighted by Gasteiger charge is -2.15. The van der Waals surface area contributed by atoms with Crippen molar-refractivity contribution in [3.05, 3.63) is 69.5 Å². The minimum Gasteiger partial charge on any atom is -0.507 e. The summed E-state index contributed by atoms with van der Waals surface area (Å²) in [5.74, 6) is -4.51. The van der Waals surface area contributed by atoms with Gasteiger partial charge in [-0.15, -0.1) is 0 Å². The average Bonchev–Trinajstić information content (AvgIpc) is 2.54. The van der Waals surface area contributed by atoms with E-state index in [2.05, 4.69) is 0 Å². The minimum atomic E-state index is -1.28. The van der Waals surface area contributed by atoms with Crippen LogP contribution in [0.3, 0.4) is 0 Å². The third-order valence-electron chi connectivity index (χ3n) is 3.43. The Labute approximate surface area is 135 Å². The van der Waals surface area contributed by atoms with E-state index in [4.69, 9.17) is 5.11 Å². The Morgan fingerprint density at radius 3 is 2.33 bits per heavy atom. The van der Waals surface area contributed by atoms with Gasteiger partial charge in [-0.3, -0.25) is 19.7 Å². The van der Waals surface area contributed by atoms with Crippen LogP contribution in [0.4, 0.5) is 10.1 Å². The van der Waals surface area contributed by atoms with E-state index in [1.54, 1.807) is 0 Å². The molecule has 124 valence electrons. The van der Waals surface area contributed by atoms with Gasteiger partial charge in [-0.1, -0.05) is 12.1 Å². The number of non-ortho nitro benzene ring substituents is 1. The summed E-state index contributed by atoms with van der Waals surface area (Å²) in [5.41, 5.74) is -0.342. The summed E-state index contributed by atoms with van der Waals surface area (Å²) in [6.07, 6.45) is -0.605. The molecule has 0 aliphatic rings. The highest BCUT2D eigenvalue weighted by Gasteiger charge is 2.27. The zero-order chi connectivity index (χ0) is 17.9. The SMILES string of the molecule is O=C(O)CC(C(=O)c1cc(F)ccc1O)c1ccc([N+](=O)[O-])cc1. The van der Waals surface area contributed by atoms with Gasteiger partial charge in [0.25, 0.3) is 5.69 Å². The van der Waals surface area contributed by atoms with Crippen molar-refractivity contribution in [3.8, 4) is 5.75 Å². The maximum Gasteiger partial charge on any atom is 0.304 e. The number of carbonyl (C=O) groups excluding carboxylic acids is 1. The zero-order valence-corrected chi connectivity index (χ0v) is 12.2. The molecule has 1 unspecified atom stereocenters. The third-order valence-corrected chi connectivity index (χ3v) is 3.43. The number of hydrogen-bond acceptors (Lipinski definition) is 5. The maximum absolute atomic E-state index is 13.3. The first kappa shape index (κ1) is 17.1. The number of nitrogens with zero attached hydrogens (tertiary/aromatic N) is 1. The molecule has 8 heteroatoms. The van der Waals surface area contributed by atoms with E-state index in [0.29, 0.717) is 0 Å². The molecule has 0 radical (unpaired) electrons. The predicted octanol–water partition coefficient (Wildman–Crippen LogP) is 2.88. The van der Waals surface area contributed by atoms with Crippen LogP contribution in [-0.2, 0) is 4.79 Å². The van der Waals surface area contributed by atoms with Crippen LogP contribution >= 0.6 is 0 Å². The molecule has 0 aromatic heterocycles. The van der Waals surface area contributed by atoms with E-state index in [1.165, 1.54) is 12.1 Å². The van der Waals surface area contributed by atoms with Crippen LogP contribution in [0.2, 0.25) is 0 Å². The first-order chi connectivity index (χ1) is 11.3. The van der Waals surface area contributed by atoms with Gasteiger partial charge in [-0.2, -0.15) is 0 Å². The number of carboxylic acid groups (broad SMARTS) is 1. The molecule has 2 aromatic rings. The number of hydrogen-bond donors (Lipinski definition) is 2. The fourth-order valence-corrected chi connectivity index (χ4v) is 2.26. The van der Waals surface area contributed by atoms with Crippen LogP contribution in [0.1, 0.15) is 28.3 Å². The lowest BCUT2D eigenvalue weighted by molar-refractivity contribution is -0.384. The highest BCUT2D eigenvalue weighted by atomic mass is 19.1. The van der Waals surface area contributed by atoms with Crippen molar-refractivity contribution in [2.24, 2.45) is 0 Å². The van der Waals surface area contributed by atoms with E-state index in [0.717, 1.165) is 30.3 Å². The Morgan fingerprint density at radius 2 is 1.79 bits per heavy atom. The van der Waals surface area contributed by atoms with Crippen LogP contribution in [0, 0.1) is 15.9 Å². The van der Waals surface area contributed by atoms with E-state index < -0.39 is 40.6 Å². The second-order valence-corrected chi connectivity index (χ2v) is 5.02. The molecule has 2 rings (SSSR count). The monoisotopic (exact) mass is 333 g/mol. The highest BCUT2D eigenvalue weighted by Crippen LogP contribution is 2.30. The minimum absolute atomic E-state index is 0.214. The molecule has 0 saturated heterocycles. The second-order valence-electron chi connectivity index (χ2n) is 5.02. The van der Waals surface area contributed by atoms with Crippen molar-refractivity contribution in [3.63, 3.8) is 0 Å². The number of phenolic OH excluding ortho intramolecular Hbond substituents is 1. The summed E-state index contributed by atoms with van der Waals surface area (Å²) in [5, 5.41) is 29.4. The lowest BCUT2D eigenvalue weighted by atomic mass is 9.87. The molecule has 2 aromatic carbocycles. The van der Waals surface area contributed by atoms with Crippen molar-refractivity contribution in [2.75, 3.05) is 0 Å². The first-order valence-electron chi connectivity index (χ1n) is 6.78. The standard InChI is InChI=1S/C16H12FNO6/c17-10-3-6-14(19)13(7-10)16(22)12(8-15(20)21)9-1-4-11(5-2-9)18(23)24/h1-7,12,19H,8H2,(H,20,21). The van der Waals surface area contributed by atoms with Crippen molar-refractivity contribution < 1.29 is 29.1 Å². The van der Waals surface area contributed by atoms with Gasteiger partial charge in [-0.05, 0) is 23.8 Å². The third kappa shape index (κ3) is 3.72. The Bertz CT molecular complexity index is 803. The smallest absolute Gasteiger partial charge is 0.304 e. The Kier molecular flexibility index (Phi) is 4.88. The molecule has 2 N–H and O–H groups in total. The molecule has 0 aliphatic carbocycles. The number of nitro benzene ring substituents is 1. The van der Waals surface area contributed by atoms with Gasteiger partial charge in [0, 0.05) is 12.1 Å². The van der Waals surface area contributed by atoms with Crippen LogP contribution in [0.25, 0.3) is 0 Å².